The topological polar surface area (TPSA) is 38.7 Å². The monoisotopic (exact) mass is 321 g/mol. The summed E-state index contributed by atoms with van der Waals surface area (Å²) in [6.45, 7) is 12.1. The second-order valence-electron chi connectivity index (χ2n) is 5.94. The fourth-order valence-electron chi connectivity index (χ4n) is 1.64. The molecule has 24 heavy (non-hydrogen) atoms. The fourth-order valence-corrected chi connectivity index (χ4v) is 1.64. The summed E-state index contributed by atoms with van der Waals surface area (Å²) in [5, 5.41) is 0. The molecule has 0 N–H and O–H groups in total. The SMILES string of the molecule is Cc1ccc(C)cc1.Cc1ccc(C)nc1.Cc1cnc(C)nc1. The Labute approximate surface area is 145 Å². The standard InChI is InChI=1S/C8H10.C7H9N.C6H8N2/c1-7-3-5-8(2)6-4-7;1-6-3-4-7(2)8-5-6;1-5-3-7-6(2)8-4-5/h3-6H,1-2H3;3-5H,1-2H3;3-4H,1-2H3. The number of rotatable bonds is 0. The molecule has 3 nitrogen and oxygen atoms in total. The van der Waals surface area contributed by atoms with Gasteiger partial charge in [0.25, 0.3) is 0 Å². The molecule has 0 fully saturated rings. The molecule has 0 aliphatic heterocycles. The van der Waals surface area contributed by atoms with Crippen LogP contribution in [0.2, 0.25) is 0 Å². The quantitative estimate of drug-likeness (QED) is 0.578. The molecule has 0 saturated carbocycles. The zero-order chi connectivity index (χ0) is 17.9. The van der Waals surface area contributed by atoms with Crippen LogP contribution in [0.3, 0.4) is 0 Å². The van der Waals surface area contributed by atoms with Crippen LogP contribution in [-0.4, -0.2) is 15.0 Å². The van der Waals surface area contributed by atoms with Crippen LogP contribution in [0, 0.1) is 41.5 Å². The number of hydrogen-bond acceptors (Lipinski definition) is 3. The van der Waals surface area contributed by atoms with Gasteiger partial charge in [-0.15, -0.1) is 0 Å². The second kappa shape index (κ2) is 10.3. The van der Waals surface area contributed by atoms with Gasteiger partial charge >= 0.3 is 0 Å². The van der Waals surface area contributed by atoms with Crippen LogP contribution in [0.5, 0.6) is 0 Å². The van der Waals surface area contributed by atoms with Crippen LogP contribution in [-0.2, 0) is 0 Å². The first-order valence-electron chi connectivity index (χ1n) is 8.04. The van der Waals surface area contributed by atoms with Gasteiger partial charge < -0.3 is 0 Å². The predicted octanol–water partition coefficient (Wildman–Crippen LogP) is 5.10. The third-order valence-electron chi connectivity index (χ3n) is 3.19. The van der Waals surface area contributed by atoms with Crippen molar-refractivity contribution in [1.29, 1.82) is 0 Å². The molecule has 0 saturated heterocycles. The van der Waals surface area contributed by atoms with E-state index in [-0.39, 0.29) is 0 Å². The van der Waals surface area contributed by atoms with Crippen molar-refractivity contribution in [1.82, 2.24) is 15.0 Å². The molecule has 0 unspecified atom stereocenters. The number of benzene rings is 1. The summed E-state index contributed by atoms with van der Waals surface area (Å²) in [6.07, 6.45) is 5.49. The minimum absolute atomic E-state index is 0.829. The average molecular weight is 321 g/mol. The van der Waals surface area contributed by atoms with E-state index in [1.54, 1.807) is 0 Å². The molecule has 2 aromatic heterocycles. The largest absolute Gasteiger partial charge is 0.261 e. The van der Waals surface area contributed by atoms with Gasteiger partial charge in [-0.1, -0.05) is 41.5 Å². The van der Waals surface area contributed by atoms with Crippen molar-refractivity contribution in [2.75, 3.05) is 0 Å². The van der Waals surface area contributed by atoms with Gasteiger partial charge in [-0.2, -0.15) is 0 Å². The molecule has 0 spiro atoms. The zero-order valence-corrected chi connectivity index (χ0v) is 15.5. The van der Waals surface area contributed by atoms with Gasteiger partial charge in [-0.05, 0) is 58.7 Å². The van der Waals surface area contributed by atoms with Crippen LogP contribution in [0.15, 0.2) is 55.0 Å². The lowest BCUT2D eigenvalue weighted by molar-refractivity contribution is 1.03. The molecule has 3 heteroatoms. The Hall–Kier alpha value is -2.55. The van der Waals surface area contributed by atoms with Gasteiger partial charge in [0.05, 0.1) is 0 Å². The van der Waals surface area contributed by atoms with E-state index in [1.807, 2.05) is 52.4 Å². The van der Waals surface area contributed by atoms with E-state index in [4.69, 9.17) is 0 Å². The Morgan fingerprint density at radius 1 is 0.458 bits per heavy atom. The Bertz CT molecular complexity index is 533. The van der Waals surface area contributed by atoms with Crippen molar-refractivity contribution in [3.05, 3.63) is 88.8 Å². The van der Waals surface area contributed by atoms with Gasteiger partial charge in [-0.3, -0.25) is 4.98 Å². The first-order valence-corrected chi connectivity index (χ1v) is 8.04. The van der Waals surface area contributed by atoms with E-state index in [2.05, 4.69) is 59.1 Å². The predicted molar refractivity (Wildman–Crippen MR) is 101 cm³/mol. The number of nitrogens with zero attached hydrogens (tertiary/aromatic N) is 3. The van der Waals surface area contributed by atoms with Crippen molar-refractivity contribution in [2.24, 2.45) is 0 Å². The van der Waals surface area contributed by atoms with Gasteiger partial charge in [0, 0.05) is 24.3 Å². The third kappa shape index (κ3) is 8.79. The molecule has 126 valence electrons. The average Bonchev–Trinajstić information content (AvgIpc) is 2.57. The maximum atomic E-state index is 4.08. The summed E-state index contributed by atoms with van der Waals surface area (Å²) in [5.74, 6) is 0.829. The van der Waals surface area contributed by atoms with E-state index in [9.17, 15) is 0 Å². The van der Waals surface area contributed by atoms with Crippen molar-refractivity contribution in [3.63, 3.8) is 0 Å². The third-order valence-corrected chi connectivity index (χ3v) is 3.19. The fraction of sp³-hybridized carbons (Fsp3) is 0.286. The molecule has 0 atom stereocenters. The summed E-state index contributed by atoms with van der Waals surface area (Å²) < 4.78 is 0. The van der Waals surface area contributed by atoms with E-state index in [0.29, 0.717) is 0 Å². The van der Waals surface area contributed by atoms with Crippen molar-refractivity contribution < 1.29 is 0 Å². The minimum atomic E-state index is 0.829. The molecule has 0 radical (unpaired) electrons. The second-order valence-corrected chi connectivity index (χ2v) is 5.94. The van der Waals surface area contributed by atoms with Crippen LogP contribution < -0.4 is 0 Å². The lowest BCUT2D eigenvalue weighted by Crippen LogP contribution is -1.84. The van der Waals surface area contributed by atoms with Crippen molar-refractivity contribution >= 4 is 0 Å². The Kier molecular flexibility index (Phi) is 8.34. The van der Waals surface area contributed by atoms with Gasteiger partial charge in [0.15, 0.2) is 0 Å². The highest BCUT2D eigenvalue weighted by molar-refractivity contribution is 5.19. The first-order chi connectivity index (χ1) is 11.4. The maximum absolute atomic E-state index is 4.08. The number of hydrogen-bond donors (Lipinski definition) is 0. The molecule has 3 rings (SSSR count). The molecular weight excluding hydrogens is 294 g/mol. The normalized spacial score (nSPS) is 9.25. The molecule has 1 aromatic carbocycles. The molecule has 2 heterocycles. The molecule has 3 aromatic rings. The Balaban J connectivity index is 0.000000180. The highest BCUT2D eigenvalue weighted by atomic mass is 14.8. The van der Waals surface area contributed by atoms with Gasteiger partial charge in [0.1, 0.15) is 5.82 Å². The van der Waals surface area contributed by atoms with E-state index < -0.39 is 0 Å². The lowest BCUT2D eigenvalue weighted by Gasteiger charge is -1.90. The van der Waals surface area contributed by atoms with Crippen LogP contribution >= 0.6 is 0 Å². The molecular formula is C21H27N3. The lowest BCUT2D eigenvalue weighted by atomic mass is 10.2. The van der Waals surface area contributed by atoms with Gasteiger partial charge in [-0.25, -0.2) is 9.97 Å². The van der Waals surface area contributed by atoms with Crippen molar-refractivity contribution in [3.8, 4) is 0 Å². The summed E-state index contributed by atoms with van der Waals surface area (Å²) in [4.78, 5) is 12.0. The first kappa shape index (κ1) is 19.5. The number of aryl methyl sites for hydroxylation is 6. The zero-order valence-electron chi connectivity index (χ0n) is 15.5. The minimum Gasteiger partial charge on any atom is -0.261 e. The smallest absolute Gasteiger partial charge is 0.125 e. The molecule has 0 amide bonds. The van der Waals surface area contributed by atoms with Crippen LogP contribution in [0.4, 0.5) is 0 Å². The van der Waals surface area contributed by atoms with E-state index in [1.165, 1.54) is 16.7 Å². The van der Waals surface area contributed by atoms with E-state index in [0.717, 1.165) is 17.1 Å². The summed E-state index contributed by atoms with van der Waals surface area (Å²) in [7, 11) is 0. The summed E-state index contributed by atoms with van der Waals surface area (Å²) in [5.41, 5.74) is 6.06. The molecule has 0 bridgehead atoms. The summed E-state index contributed by atoms with van der Waals surface area (Å²) in [6, 6.07) is 12.5. The van der Waals surface area contributed by atoms with Crippen molar-refractivity contribution in [2.45, 2.75) is 41.5 Å². The van der Waals surface area contributed by atoms with E-state index >= 15 is 0 Å². The Morgan fingerprint density at radius 3 is 1.21 bits per heavy atom. The Morgan fingerprint density at radius 2 is 0.875 bits per heavy atom. The maximum Gasteiger partial charge on any atom is 0.125 e. The number of aromatic nitrogens is 3. The highest BCUT2D eigenvalue weighted by Crippen LogP contribution is 1.99. The van der Waals surface area contributed by atoms with Crippen LogP contribution in [0.1, 0.15) is 33.8 Å². The van der Waals surface area contributed by atoms with Gasteiger partial charge in [0.2, 0.25) is 0 Å². The molecule has 0 aliphatic carbocycles. The summed E-state index contributed by atoms with van der Waals surface area (Å²) >= 11 is 0. The number of pyridine rings is 1. The van der Waals surface area contributed by atoms with Crippen LogP contribution in [0.25, 0.3) is 0 Å². The highest BCUT2D eigenvalue weighted by Gasteiger charge is 1.83. The molecule has 0 aliphatic rings.